The Balaban J connectivity index is 1.55. The van der Waals surface area contributed by atoms with Gasteiger partial charge in [-0.05, 0) is 121 Å². The van der Waals surface area contributed by atoms with E-state index < -0.39 is 46.8 Å². The number of ether oxygens (including phenoxy) is 3. The minimum atomic E-state index is -1.10. The molecule has 8 unspecified atom stereocenters. The van der Waals surface area contributed by atoms with Crippen LogP contribution in [-0.4, -0.2) is 107 Å². The van der Waals surface area contributed by atoms with Crippen molar-refractivity contribution < 1.29 is 43.9 Å². The standard InChI is InChI=1S/C40H63N3O9S2/c1-26(44)51-33(28-9-12-31(45)30(41-3)24-53-54-25-38(2,49)16-14-28)22-35(52-37(48)40-15-6-5-7-29(40)10-13-36(47)43-40)39(17-19-42-20-18-39)23-27-8-11-32(46)34(21-27)50-4/h8,11,21,28-31,33,35,41-42,45-46,49H,5-7,9-10,12-20,22-25H2,1-4H3,(H,43,47). The number of hydrogen-bond donors (Lipinski definition) is 6. The number of phenols is 1. The van der Waals surface area contributed by atoms with E-state index in [0.717, 1.165) is 24.8 Å². The maximum atomic E-state index is 14.8. The molecule has 4 fully saturated rings. The van der Waals surface area contributed by atoms with Crippen molar-refractivity contribution in [2.45, 2.75) is 139 Å². The molecule has 8 atom stereocenters. The second-order valence-corrected chi connectivity index (χ2v) is 19.0. The van der Waals surface area contributed by atoms with Gasteiger partial charge in [-0.15, -0.1) is 0 Å². The number of benzene rings is 1. The molecule has 1 aromatic rings. The van der Waals surface area contributed by atoms with Crippen LogP contribution >= 0.6 is 21.6 Å². The zero-order valence-electron chi connectivity index (χ0n) is 32.5. The van der Waals surface area contributed by atoms with Gasteiger partial charge in [0.25, 0.3) is 0 Å². The van der Waals surface area contributed by atoms with Crippen LogP contribution in [0.4, 0.5) is 0 Å². The van der Waals surface area contributed by atoms with Crippen LogP contribution in [0.15, 0.2) is 18.2 Å². The number of carbonyl (C=O) groups is 3. The van der Waals surface area contributed by atoms with Gasteiger partial charge in [0.05, 0.1) is 18.8 Å². The Hall–Kier alpha value is -2.23. The topological polar surface area (TPSA) is 176 Å². The second kappa shape index (κ2) is 19.3. The number of hydrogen-bond acceptors (Lipinski definition) is 13. The van der Waals surface area contributed by atoms with Crippen molar-refractivity contribution >= 4 is 39.4 Å². The summed E-state index contributed by atoms with van der Waals surface area (Å²) in [6.45, 7) is 4.61. The third-order valence-electron chi connectivity index (χ3n) is 12.6. The maximum Gasteiger partial charge on any atom is 0.332 e. The zero-order valence-corrected chi connectivity index (χ0v) is 34.2. The third kappa shape index (κ3) is 10.8. The van der Waals surface area contributed by atoms with Gasteiger partial charge in [-0.25, -0.2) is 4.79 Å². The number of fused-ring (bicyclic) bond motifs is 1. The molecule has 304 valence electrons. The summed E-state index contributed by atoms with van der Waals surface area (Å²) in [5.74, 6) is 0.309. The van der Waals surface area contributed by atoms with Gasteiger partial charge >= 0.3 is 11.9 Å². The Labute approximate surface area is 328 Å². The van der Waals surface area contributed by atoms with Gasteiger partial charge in [0, 0.05) is 42.7 Å². The van der Waals surface area contributed by atoms with Crippen molar-refractivity contribution in [1.82, 2.24) is 16.0 Å². The SMILES string of the molecule is CNC1CSSCC(C)(O)CCC(C(CC(OC(=O)C23CCCCC2CCC(=O)N3)C2(Cc3ccc(O)c(OC)c3)CCNCC2)OC(C)=O)CCC1O. The molecule has 1 amide bonds. The summed E-state index contributed by atoms with van der Waals surface area (Å²) in [5, 5.41) is 43.0. The number of carbonyl (C=O) groups excluding carboxylic acids is 3. The Bertz CT molecular complexity index is 1430. The molecule has 0 aromatic heterocycles. The number of amides is 1. The van der Waals surface area contributed by atoms with Gasteiger partial charge in [-0.1, -0.05) is 40.5 Å². The molecule has 4 aliphatic rings. The summed E-state index contributed by atoms with van der Waals surface area (Å²) in [6, 6.07) is 5.16. The first-order valence-corrected chi connectivity index (χ1v) is 22.4. The van der Waals surface area contributed by atoms with Crippen LogP contribution in [-0.2, 0) is 30.3 Å². The highest BCUT2D eigenvalue weighted by Gasteiger charge is 2.54. The van der Waals surface area contributed by atoms with Crippen LogP contribution in [0, 0.1) is 17.3 Å². The van der Waals surface area contributed by atoms with Gasteiger partial charge in [-0.3, -0.25) is 9.59 Å². The van der Waals surface area contributed by atoms with E-state index in [1.807, 2.05) is 26.1 Å². The van der Waals surface area contributed by atoms with E-state index >= 15 is 0 Å². The average Bonchev–Trinajstić information content (AvgIpc) is 3.14. The zero-order chi connectivity index (χ0) is 38.9. The van der Waals surface area contributed by atoms with Crippen molar-refractivity contribution in [2.75, 3.05) is 38.8 Å². The predicted molar refractivity (Wildman–Crippen MR) is 211 cm³/mol. The van der Waals surface area contributed by atoms with E-state index in [9.17, 15) is 29.7 Å². The van der Waals surface area contributed by atoms with Crippen LogP contribution in [0.1, 0.15) is 103 Å². The Kier molecular flexibility index (Phi) is 15.3. The predicted octanol–water partition coefficient (Wildman–Crippen LogP) is 4.66. The minimum Gasteiger partial charge on any atom is -0.504 e. The van der Waals surface area contributed by atoms with Crippen LogP contribution in [0.2, 0.25) is 0 Å². The quantitative estimate of drug-likeness (QED) is 0.135. The molecule has 1 saturated carbocycles. The van der Waals surface area contributed by atoms with Crippen molar-refractivity contribution in [3.8, 4) is 11.5 Å². The van der Waals surface area contributed by atoms with Crippen molar-refractivity contribution in [3.63, 3.8) is 0 Å². The van der Waals surface area contributed by atoms with Crippen molar-refractivity contribution in [2.24, 2.45) is 17.3 Å². The molecule has 0 radical (unpaired) electrons. The first-order valence-electron chi connectivity index (χ1n) is 19.9. The van der Waals surface area contributed by atoms with Gasteiger partial charge < -0.3 is 45.5 Å². The molecule has 5 rings (SSSR count). The monoisotopic (exact) mass is 793 g/mol. The minimum absolute atomic E-state index is 0.0159. The van der Waals surface area contributed by atoms with Crippen LogP contribution in [0.3, 0.4) is 0 Å². The summed E-state index contributed by atoms with van der Waals surface area (Å²) in [5.41, 5.74) is -1.75. The molecule has 54 heavy (non-hydrogen) atoms. The number of aromatic hydroxyl groups is 1. The summed E-state index contributed by atoms with van der Waals surface area (Å²) >= 11 is 0. The number of nitrogens with one attached hydrogen (secondary N) is 3. The first kappa shape index (κ1) is 42.9. The van der Waals surface area contributed by atoms with Crippen LogP contribution in [0.25, 0.3) is 0 Å². The molecule has 3 aliphatic heterocycles. The lowest BCUT2D eigenvalue weighted by atomic mass is 9.66. The molecule has 0 spiro atoms. The second-order valence-electron chi connectivity index (χ2n) is 16.5. The molecule has 12 nitrogen and oxygen atoms in total. The first-order chi connectivity index (χ1) is 25.8. The van der Waals surface area contributed by atoms with Gasteiger partial charge in [-0.2, -0.15) is 0 Å². The number of aliphatic hydroxyl groups excluding tert-OH is 1. The average molecular weight is 794 g/mol. The molecule has 0 bridgehead atoms. The highest BCUT2D eigenvalue weighted by molar-refractivity contribution is 8.76. The van der Waals surface area contributed by atoms with Crippen molar-refractivity contribution in [3.05, 3.63) is 23.8 Å². The summed E-state index contributed by atoms with van der Waals surface area (Å²) in [7, 11) is 6.58. The number of phenolic OH excluding ortho intramolecular Hbond substituents is 1. The normalized spacial score (nSPS) is 32.0. The molecule has 1 aromatic carbocycles. The maximum absolute atomic E-state index is 14.8. The number of methoxy groups -OCH3 is 1. The Morgan fingerprint density at radius 3 is 2.54 bits per heavy atom. The fourth-order valence-electron chi connectivity index (χ4n) is 9.28. The summed E-state index contributed by atoms with van der Waals surface area (Å²) in [4.78, 5) is 40.7. The lowest BCUT2D eigenvalue weighted by Crippen LogP contribution is -2.65. The highest BCUT2D eigenvalue weighted by atomic mass is 33.1. The number of rotatable bonds is 11. The number of likely N-dealkylation sites (N-methyl/N-ethyl adjacent to an activating group) is 1. The lowest BCUT2D eigenvalue weighted by molar-refractivity contribution is -0.180. The number of aliphatic hydroxyl groups is 2. The molecular weight excluding hydrogens is 731 g/mol. The molecular formula is C40H63N3O9S2. The molecule has 6 N–H and O–H groups in total. The van der Waals surface area contributed by atoms with Gasteiger partial charge in [0.2, 0.25) is 5.91 Å². The fourth-order valence-corrected chi connectivity index (χ4v) is 12.1. The molecule has 3 heterocycles. The molecule has 3 saturated heterocycles. The van der Waals surface area contributed by atoms with E-state index in [-0.39, 0.29) is 36.0 Å². The highest BCUT2D eigenvalue weighted by Crippen LogP contribution is 2.46. The van der Waals surface area contributed by atoms with E-state index in [0.29, 0.717) is 94.6 Å². The number of piperidine rings is 2. The molecule has 14 heteroatoms. The van der Waals surface area contributed by atoms with E-state index in [2.05, 4.69) is 16.0 Å². The van der Waals surface area contributed by atoms with E-state index in [4.69, 9.17) is 14.2 Å². The lowest BCUT2D eigenvalue weighted by Gasteiger charge is -2.49. The number of esters is 2. The third-order valence-corrected chi connectivity index (χ3v) is 15.2. The van der Waals surface area contributed by atoms with E-state index in [1.54, 1.807) is 27.7 Å². The Morgan fingerprint density at radius 2 is 1.81 bits per heavy atom. The molecule has 1 aliphatic carbocycles. The smallest absolute Gasteiger partial charge is 0.332 e. The largest absolute Gasteiger partial charge is 0.504 e. The Morgan fingerprint density at radius 1 is 1.04 bits per heavy atom. The summed E-state index contributed by atoms with van der Waals surface area (Å²) < 4.78 is 18.6. The van der Waals surface area contributed by atoms with Gasteiger partial charge in [0.15, 0.2) is 11.5 Å². The fraction of sp³-hybridized carbons (Fsp3) is 0.775. The van der Waals surface area contributed by atoms with Crippen LogP contribution in [0.5, 0.6) is 11.5 Å². The summed E-state index contributed by atoms with van der Waals surface area (Å²) in [6.07, 6.45) is 6.25. The van der Waals surface area contributed by atoms with Crippen molar-refractivity contribution in [1.29, 1.82) is 0 Å². The van der Waals surface area contributed by atoms with Gasteiger partial charge in [0.1, 0.15) is 17.7 Å². The van der Waals surface area contributed by atoms with Crippen LogP contribution < -0.4 is 20.7 Å². The van der Waals surface area contributed by atoms with E-state index in [1.165, 1.54) is 14.0 Å².